The number of nitrogens with zero attached hydrogens (tertiary/aromatic N) is 1. The summed E-state index contributed by atoms with van der Waals surface area (Å²) in [4.78, 5) is 0. The van der Waals surface area contributed by atoms with Crippen molar-refractivity contribution in [2.45, 2.75) is 13.8 Å². The lowest BCUT2D eigenvalue weighted by Gasteiger charge is -1.96. The number of hydrogen-bond acceptors (Lipinski definition) is 2. The maximum atomic E-state index is 5.00. The van der Waals surface area contributed by atoms with Crippen LogP contribution in [0.3, 0.4) is 0 Å². The third kappa shape index (κ3) is 0.909. The van der Waals surface area contributed by atoms with Crippen molar-refractivity contribution in [1.29, 1.82) is 0 Å². The van der Waals surface area contributed by atoms with E-state index in [0.29, 0.717) is 0 Å². The molecule has 0 unspecified atom stereocenters. The van der Waals surface area contributed by atoms with Crippen LogP contribution in [0.2, 0.25) is 0 Å². The van der Waals surface area contributed by atoms with E-state index >= 15 is 0 Å². The van der Waals surface area contributed by atoms with Gasteiger partial charge in [0.15, 0.2) is 5.58 Å². The van der Waals surface area contributed by atoms with E-state index in [1.807, 2.05) is 6.07 Å². The Labute approximate surface area is 64.8 Å². The van der Waals surface area contributed by atoms with E-state index in [1.54, 1.807) is 6.20 Å². The first-order valence-corrected chi connectivity index (χ1v) is 3.59. The molecule has 56 valence electrons. The van der Waals surface area contributed by atoms with Crippen molar-refractivity contribution in [3.8, 4) is 0 Å². The number of aromatic nitrogens is 1. The smallest absolute Gasteiger partial charge is 0.167 e. The molecule has 2 rings (SSSR count). The molecule has 11 heavy (non-hydrogen) atoms. The average Bonchev–Trinajstić information content (AvgIpc) is 2.36. The molecule has 0 saturated carbocycles. The van der Waals surface area contributed by atoms with Crippen LogP contribution in [0.1, 0.15) is 11.1 Å². The van der Waals surface area contributed by atoms with Gasteiger partial charge in [0.05, 0.1) is 6.20 Å². The van der Waals surface area contributed by atoms with E-state index in [4.69, 9.17) is 4.52 Å². The zero-order valence-corrected chi connectivity index (χ0v) is 6.59. The fraction of sp³-hybridized carbons (Fsp3) is 0.222. The third-order valence-electron chi connectivity index (χ3n) is 1.97. The predicted octanol–water partition coefficient (Wildman–Crippen LogP) is 2.44. The Morgan fingerprint density at radius 1 is 1.18 bits per heavy atom. The molecular weight excluding hydrogens is 138 g/mol. The molecule has 0 aliphatic rings. The topological polar surface area (TPSA) is 26.0 Å². The summed E-state index contributed by atoms with van der Waals surface area (Å²) in [5.41, 5.74) is 3.39. The second kappa shape index (κ2) is 2.09. The molecular formula is C9H9NO. The van der Waals surface area contributed by atoms with Crippen molar-refractivity contribution in [3.63, 3.8) is 0 Å². The summed E-state index contributed by atoms with van der Waals surface area (Å²) in [5.74, 6) is 0. The molecule has 0 amide bonds. The van der Waals surface area contributed by atoms with E-state index in [9.17, 15) is 0 Å². The highest BCUT2D eigenvalue weighted by Crippen LogP contribution is 2.17. The number of fused-ring (bicyclic) bond motifs is 1. The van der Waals surface area contributed by atoms with E-state index in [0.717, 1.165) is 11.0 Å². The van der Waals surface area contributed by atoms with Crippen molar-refractivity contribution < 1.29 is 4.52 Å². The quantitative estimate of drug-likeness (QED) is 0.572. The Balaban J connectivity index is 2.86. The van der Waals surface area contributed by atoms with Crippen molar-refractivity contribution in [3.05, 3.63) is 29.5 Å². The van der Waals surface area contributed by atoms with Crippen LogP contribution < -0.4 is 0 Å². The Morgan fingerprint density at radius 3 is 2.73 bits per heavy atom. The minimum atomic E-state index is 0.869. The predicted molar refractivity (Wildman–Crippen MR) is 43.5 cm³/mol. The highest BCUT2D eigenvalue weighted by molar-refractivity contribution is 5.77. The second-order valence-corrected chi connectivity index (χ2v) is 2.80. The summed E-state index contributed by atoms with van der Waals surface area (Å²) < 4.78 is 5.00. The summed E-state index contributed by atoms with van der Waals surface area (Å²) in [6.07, 6.45) is 1.74. The number of aryl methyl sites for hydroxylation is 2. The largest absolute Gasteiger partial charge is 0.356 e. The van der Waals surface area contributed by atoms with Crippen LogP contribution >= 0.6 is 0 Å². The molecule has 2 nitrogen and oxygen atoms in total. The van der Waals surface area contributed by atoms with E-state index in [-0.39, 0.29) is 0 Å². The molecule has 1 aromatic carbocycles. The van der Waals surface area contributed by atoms with Gasteiger partial charge in [-0.3, -0.25) is 0 Å². The normalized spacial score (nSPS) is 10.7. The van der Waals surface area contributed by atoms with Gasteiger partial charge in [-0.1, -0.05) is 5.16 Å². The van der Waals surface area contributed by atoms with Crippen LogP contribution in [0.5, 0.6) is 0 Å². The van der Waals surface area contributed by atoms with Gasteiger partial charge in [0.1, 0.15) is 0 Å². The Hall–Kier alpha value is -1.31. The minimum Gasteiger partial charge on any atom is -0.356 e. The highest BCUT2D eigenvalue weighted by Gasteiger charge is 1.99. The molecule has 1 heterocycles. The summed E-state index contributed by atoms with van der Waals surface area (Å²) >= 11 is 0. The van der Waals surface area contributed by atoms with Crippen LogP contribution in [0, 0.1) is 13.8 Å². The lowest BCUT2D eigenvalue weighted by molar-refractivity contribution is 0.456. The molecule has 0 fully saturated rings. The Morgan fingerprint density at radius 2 is 1.91 bits per heavy atom. The van der Waals surface area contributed by atoms with Crippen molar-refractivity contribution in [2.75, 3.05) is 0 Å². The van der Waals surface area contributed by atoms with Crippen LogP contribution in [-0.2, 0) is 0 Å². The van der Waals surface area contributed by atoms with Gasteiger partial charge in [0.2, 0.25) is 0 Å². The van der Waals surface area contributed by atoms with Gasteiger partial charge in [-0.15, -0.1) is 0 Å². The summed E-state index contributed by atoms with van der Waals surface area (Å²) in [7, 11) is 0. The summed E-state index contributed by atoms with van der Waals surface area (Å²) in [6, 6.07) is 4.10. The molecule has 2 heteroatoms. The van der Waals surface area contributed by atoms with Gasteiger partial charge in [-0.2, -0.15) is 0 Å². The van der Waals surface area contributed by atoms with E-state index in [1.165, 1.54) is 11.1 Å². The molecule has 0 saturated heterocycles. The highest BCUT2D eigenvalue weighted by atomic mass is 16.5. The van der Waals surface area contributed by atoms with Gasteiger partial charge in [-0.25, -0.2) is 0 Å². The van der Waals surface area contributed by atoms with Gasteiger partial charge in [-0.05, 0) is 37.1 Å². The molecule has 2 aromatic rings. The zero-order chi connectivity index (χ0) is 7.84. The SMILES string of the molecule is Cc1cc2cnoc2cc1C. The van der Waals surface area contributed by atoms with Gasteiger partial charge in [0, 0.05) is 5.39 Å². The first kappa shape index (κ1) is 6.40. The van der Waals surface area contributed by atoms with Crippen molar-refractivity contribution in [1.82, 2.24) is 5.16 Å². The fourth-order valence-electron chi connectivity index (χ4n) is 1.13. The molecule has 0 aliphatic heterocycles. The number of hydrogen-bond donors (Lipinski definition) is 0. The third-order valence-corrected chi connectivity index (χ3v) is 1.97. The first-order chi connectivity index (χ1) is 5.27. The zero-order valence-electron chi connectivity index (χ0n) is 6.59. The van der Waals surface area contributed by atoms with Gasteiger partial charge >= 0.3 is 0 Å². The maximum Gasteiger partial charge on any atom is 0.167 e. The van der Waals surface area contributed by atoms with Gasteiger partial charge in [0.25, 0.3) is 0 Å². The summed E-state index contributed by atoms with van der Waals surface area (Å²) in [6.45, 7) is 4.15. The maximum absolute atomic E-state index is 5.00. The Bertz CT molecular complexity index is 353. The summed E-state index contributed by atoms with van der Waals surface area (Å²) in [5, 5.41) is 4.79. The fourth-order valence-corrected chi connectivity index (χ4v) is 1.13. The van der Waals surface area contributed by atoms with Gasteiger partial charge < -0.3 is 4.52 Å². The molecule has 0 atom stereocenters. The molecule has 0 spiro atoms. The monoisotopic (exact) mass is 147 g/mol. The lowest BCUT2D eigenvalue weighted by Crippen LogP contribution is -1.77. The number of rotatable bonds is 0. The van der Waals surface area contributed by atoms with Crippen LogP contribution in [0.15, 0.2) is 22.9 Å². The number of benzene rings is 1. The van der Waals surface area contributed by atoms with Crippen LogP contribution in [0.4, 0.5) is 0 Å². The molecule has 0 radical (unpaired) electrons. The molecule has 1 aromatic heterocycles. The van der Waals surface area contributed by atoms with Crippen LogP contribution in [-0.4, -0.2) is 5.16 Å². The van der Waals surface area contributed by atoms with E-state index < -0.39 is 0 Å². The molecule has 0 aliphatic carbocycles. The first-order valence-electron chi connectivity index (χ1n) is 3.59. The molecule has 0 bridgehead atoms. The Kier molecular flexibility index (Phi) is 1.22. The second-order valence-electron chi connectivity index (χ2n) is 2.80. The van der Waals surface area contributed by atoms with E-state index in [2.05, 4.69) is 25.1 Å². The standard InChI is InChI=1S/C9H9NO/c1-6-3-8-5-10-11-9(8)4-7(6)2/h3-5H,1-2H3. The lowest BCUT2D eigenvalue weighted by atomic mass is 10.1. The van der Waals surface area contributed by atoms with Crippen molar-refractivity contribution >= 4 is 11.0 Å². The van der Waals surface area contributed by atoms with Crippen molar-refractivity contribution in [2.24, 2.45) is 0 Å². The minimum absolute atomic E-state index is 0.869. The van der Waals surface area contributed by atoms with Crippen LogP contribution in [0.25, 0.3) is 11.0 Å². The average molecular weight is 147 g/mol. The molecule has 0 N–H and O–H groups in total.